The van der Waals surface area contributed by atoms with Gasteiger partial charge in [0.05, 0.1) is 26.1 Å². The van der Waals surface area contributed by atoms with Gasteiger partial charge in [-0.25, -0.2) is 8.42 Å². The van der Waals surface area contributed by atoms with E-state index in [1.165, 1.54) is 19.2 Å². The lowest BCUT2D eigenvalue weighted by molar-refractivity contribution is 0.0408. The van der Waals surface area contributed by atoms with Gasteiger partial charge in [-0.15, -0.1) is 0 Å². The molecule has 0 radical (unpaired) electrons. The second kappa shape index (κ2) is 6.43. The fourth-order valence-electron chi connectivity index (χ4n) is 2.13. The molecule has 0 amide bonds. The molecule has 1 aliphatic rings. The van der Waals surface area contributed by atoms with E-state index in [2.05, 4.69) is 4.90 Å². The molecule has 112 valence electrons. The Morgan fingerprint density at radius 2 is 2.05 bits per heavy atom. The third-order valence-electron chi connectivity index (χ3n) is 3.30. The summed E-state index contributed by atoms with van der Waals surface area (Å²) in [6, 6.07) is 4.61. The second-order valence-electron chi connectivity index (χ2n) is 4.68. The van der Waals surface area contributed by atoms with E-state index in [1.807, 2.05) is 0 Å². The first-order valence-corrected chi connectivity index (χ1v) is 8.14. The highest BCUT2D eigenvalue weighted by atomic mass is 32.2. The van der Waals surface area contributed by atoms with E-state index in [9.17, 15) is 8.42 Å². The number of morpholine rings is 1. The number of benzene rings is 1. The Balaban J connectivity index is 2.09. The summed E-state index contributed by atoms with van der Waals surface area (Å²) in [6.45, 7) is 3.36. The normalized spacial score (nSPS) is 17.1. The number of nitrogen functional groups attached to an aromatic ring is 1. The minimum absolute atomic E-state index is 0.0628. The highest BCUT2D eigenvalue weighted by molar-refractivity contribution is 7.91. The summed E-state index contributed by atoms with van der Waals surface area (Å²) in [5.74, 6) is 0.361. The molecular weight excluding hydrogens is 280 g/mol. The van der Waals surface area contributed by atoms with Crippen LogP contribution in [-0.4, -0.2) is 59.0 Å². The number of hydrogen-bond donors (Lipinski definition) is 1. The van der Waals surface area contributed by atoms with Crippen LogP contribution in [0.15, 0.2) is 23.1 Å². The van der Waals surface area contributed by atoms with Gasteiger partial charge < -0.3 is 15.2 Å². The molecule has 2 N–H and O–H groups in total. The number of sulfone groups is 1. The maximum absolute atomic E-state index is 12.4. The number of rotatable bonds is 5. The highest BCUT2D eigenvalue weighted by Gasteiger charge is 2.21. The predicted octanol–water partition coefficient (Wildman–Crippen LogP) is 0.383. The molecule has 1 aromatic rings. The van der Waals surface area contributed by atoms with E-state index >= 15 is 0 Å². The van der Waals surface area contributed by atoms with Crippen molar-refractivity contribution in [3.63, 3.8) is 0 Å². The Kier molecular flexibility index (Phi) is 4.85. The molecule has 1 fully saturated rings. The first-order valence-electron chi connectivity index (χ1n) is 6.49. The minimum Gasteiger partial charge on any atom is -0.495 e. The van der Waals surface area contributed by atoms with Gasteiger partial charge >= 0.3 is 0 Å². The molecule has 1 saturated heterocycles. The largest absolute Gasteiger partial charge is 0.495 e. The van der Waals surface area contributed by atoms with Crippen molar-refractivity contribution in [2.75, 3.05) is 51.4 Å². The van der Waals surface area contributed by atoms with Gasteiger partial charge in [-0.2, -0.15) is 0 Å². The van der Waals surface area contributed by atoms with Crippen LogP contribution >= 0.6 is 0 Å². The van der Waals surface area contributed by atoms with E-state index in [0.717, 1.165) is 13.1 Å². The zero-order valence-corrected chi connectivity index (χ0v) is 12.4. The average Bonchev–Trinajstić information content (AvgIpc) is 2.46. The van der Waals surface area contributed by atoms with Crippen molar-refractivity contribution < 1.29 is 17.9 Å². The van der Waals surface area contributed by atoms with Gasteiger partial charge in [0.15, 0.2) is 9.84 Å². The molecule has 0 bridgehead atoms. The van der Waals surface area contributed by atoms with Crippen LogP contribution in [0.25, 0.3) is 0 Å². The van der Waals surface area contributed by atoms with E-state index < -0.39 is 9.84 Å². The van der Waals surface area contributed by atoms with Gasteiger partial charge in [-0.1, -0.05) is 0 Å². The van der Waals surface area contributed by atoms with Crippen LogP contribution in [0.2, 0.25) is 0 Å². The van der Waals surface area contributed by atoms with Gasteiger partial charge in [0.2, 0.25) is 0 Å². The van der Waals surface area contributed by atoms with E-state index in [-0.39, 0.29) is 10.6 Å². The summed E-state index contributed by atoms with van der Waals surface area (Å²) >= 11 is 0. The minimum atomic E-state index is -3.38. The lowest BCUT2D eigenvalue weighted by Crippen LogP contribution is -2.39. The molecule has 0 spiro atoms. The third kappa shape index (κ3) is 3.62. The summed E-state index contributed by atoms with van der Waals surface area (Å²) in [4.78, 5) is 2.28. The Bertz CT molecular complexity index is 553. The SMILES string of the molecule is COc1cc(N)ccc1S(=O)(=O)CCN1CCOCC1. The van der Waals surface area contributed by atoms with Crippen LogP contribution < -0.4 is 10.5 Å². The maximum Gasteiger partial charge on any atom is 0.183 e. The Labute approximate surface area is 119 Å². The van der Waals surface area contributed by atoms with E-state index in [1.54, 1.807) is 6.07 Å². The Hall–Kier alpha value is -1.31. The maximum atomic E-state index is 12.4. The predicted molar refractivity (Wildman–Crippen MR) is 76.7 cm³/mol. The van der Waals surface area contributed by atoms with Crippen LogP contribution in [0.4, 0.5) is 5.69 Å². The quantitative estimate of drug-likeness (QED) is 0.792. The molecule has 1 aromatic carbocycles. The van der Waals surface area contributed by atoms with E-state index in [4.69, 9.17) is 15.2 Å². The Morgan fingerprint density at radius 1 is 1.35 bits per heavy atom. The van der Waals surface area contributed by atoms with Crippen molar-refractivity contribution in [1.29, 1.82) is 0 Å². The van der Waals surface area contributed by atoms with Crippen molar-refractivity contribution in [2.45, 2.75) is 4.90 Å². The van der Waals surface area contributed by atoms with Gasteiger partial charge in [0, 0.05) is 31.4 Å². The Morgan fingerprint density at radius 3 is 2.70 bits per heavy atom. The monoisotopic (exact) mass is 300 g/mol. The summed E-state index contributed by atoms with van der Waals surface area (Å²) < 4.78 is 35.1. The second-order valence-corrected chi connectivity index (χ2v) is 6.76. The van der Waals surface area contributed by atoms with Crippen molar-refractivity contribution in [3.8, 4) is 5.75 Å². The topological polar surface area (TPSA) is 81.9 Å². The fraction of sp³-hybridized carbons (Fsp3) is 0.538. The highest BCUT2D eigenvalue weighted by Crippen LogP contribution is 2.27. The number of hydrogen-bond acceptors (Lipinski definition) is 6. The fourth-order valence-corrected chi connectivity index (χ4v) is 3.57. The molecule has 1 aliphatic heterocycles. The van der Waals surface area contributed by atoms with E-state index in [0.29, 0.717) is 31.2 Å². The summed E-state index contributed by atoms with van der Waals surface area (Å²) in [7, 11) is -1.94. The van der Waals surface area contributed by atoms with Crippen LogP contribution in [0.3, 0.4) is 0 Å². The number of anilines is 1. The zero-order valence-electron chi connectivity index (χ0n) is 11.5. The lowest BCUT2D eigenvalue weighted by atomic mass is 10.3. The van der Waals surface area contributed by atoms with Crippen LogP contribution in [0.5, 0.6) is 5.75 Å². The van der Waals surface area contributed by atoms with Crippen molar-refractivity contribution in [1.82, 2.24) is 4.90 Å². The number of methoxy groups -OCH3 is 1. The average molecular weight is 300 g/mol. The number of ether oxygens (including phenoxy) is 2. The van der Waals surface area contributed by atoms with Crippen molar-refractivity contribution >= 4 is 15.5 Å². The summed E-state index contributed by atoms with van der Waals surface area (Å²) in [5.41, 5.74) is 6.12. The van der Waals surface area contributed by atoms with Gasteiger partial charge in [0.25, 0.3) is 0 Å². The first kappa shape index (κ1) is 15.1. The number of nitrogens with two attached hydrogens (primary N) is 1. The summed E-state index contributed by atoms with van der Waals surface area (Å²) in [6.07, 6.45) is 0. The molecule has 6 nitrogen and oxygen atoms in total. The zero-order chi connectivity index (χ0) is 14.6. The van der Waals surface area contributed by atoms with Crippen LogP contribution in [0, 0.1) is 0 Å². The molecule has 7 heteroatoms. The van der Waals surface area contributed by atoms with Gasteiger partial charge in [-0.05, 0) is 12.1 Å². The molecule has 0 unspecified atom stereocenters. The van der Waals surface area contributed by atoms with Crippen LogP contribution in [-0.2, 0) is 14.6 Å². The molecule has 20 heavy (non-hydrogen) atoms. The summed E-state index contributed by atoms with van der Waals surface area (Å²) in [5, 5.41) is 0. The third-order valence-corrected chi connectivity index (χ3v) is 5.03. The van der Waals surface area contributed by atoms with Crippen LogP contribution in [0.1, 0.15) is 0 Å². The first-order chi connectivity index (χ1) is 9.53. The molecule has 0 aromatic heterocycles. The molecular formula is C13H20N2O4S. The molecule has 2 rings (SSSR count). The molecule has 1 heterocycles. The standard InChI is InChI=1S/C13H20N2O4S/c1-18-12-10-11(14)2-3-13(12)20(16,17)9-6-15-4-7-19-8-5-15/h2-3,10H,4-9,14H2,1H3. The van der Waals surface area contributed by atoms with Crippen molar-refractivity contribution in [2.24, 2.45) is 0 Å². The van der Waals surface area contributed by atoms with Crippen molar-refractivity contribution in [3.05, 3.63) is 18.2 Å². The number of nitrogens with zero attached hydrogens (tertiary/aromatic N) is 1. The smallest absolute Gasteiger partial charge is 0.183 e. The molecule has 0 saturated carbocycles. The molecule has 0 atom stereocenters. The van der Waals surface area contributed by atoms with Gasteiger partial charge in [-0.3, -0.25) is 4.90 Å². The lowest BCUT2D eigenvalue weighted by Gasteiger charge is -2.26. The molecule has 0 aliphatic carbocycles. The van der Waals surface area contributed by atoms with Gasteiger partial charge in [0.1, 0.15) is 10.6 Å².